The Morgan fingerprint density at radius 2 is 0.853 bits per heavy atom. The van der Waals surface area contributed by atoms with Crippen molar-refractivity contribution >= 4 is 0 Å². The highest BCUT2D eigenvalue weighted by atomic mass is 19.1. The minimum atomic E-state index is 0.00260. The maximum Gasteiger partial charge on any atom is 0.134 e. The van der Waals surface area contributed by atoms with Gasteiger partial charge in [-0.3, -0.25) is 0 Å². The van der Waals surface area contributed by atoms with Crippen LogP contribution in [0.2, 0.25) is 0 Å². The molecule has 0 radical (unpaired) electrons. The van der Waals surface area contributed by atoms with E-state index in [2.05, 4.69) is 90.0 Å². The molecule has 0 saturated carbocycles. The molecule has 0 aliphatic heterocycles. The fourth-order valence-electron chi connectivity index (χ4n) is 6.62. The van der Waals surface area contributed by atoms with Crippen LogP contribution in [0.5, 0.6) is 0 Å². The minimum absolute atomic E-state index is 0.00260. The summed E-state index contributed by atoms with van der Waals surface area (Å²) in [5.41, 5.74) is 13.8. The molecule has 0 atom stereocenters. The molecule has 34 heavy (non-hydrogen) atoms. The van der Waals surface area contributed by atoms with E-state index in [0.717, 1.165) is 24.0 Å². The third-order valence-electron chi connectivity index (χ3n) is 7.72. The molecule has 0 saturated heterocycles. The second-order valence-corrected chi connectivity index (χ2v) is 11.8. The van der Waals surface area contributed by atoms with Gasteiger partial charge in [-0.15, -0.1) is 0 Å². The number of hydrogen-bond acceptors (Lipinski definition) is 0. The molecule has 0 unspecified atom stereocenters. The van der Waals surface area contributed by atoms with Gasteiger partial charge in [-0.05, 0) is 112 Å². The van der Waals surface area contributed by atoms with Crippen molar-refractivity contribution in [3.63, 3.8) is 0 Å². The largest absolute Gasteiger partial charge is 0.206 e. The topological polar surface area (TPSA) is 0 Å². The van der Waals surface area contributed by atoms with Crippen molar-refractivity contribution in [2.45, 2.75) is 139 Å². The summed E-state index contributed by atoms with van der Waals surface area (Å²) in [6.07, 6.45) is 2.01. The summed E-state index contributed by atoms with van der Waals surface area (Å²) in [5.74, 6) is 1.63. The summed E-state index contributed by atoms with van der Waals surface area (Å²) in [6.45, 7) is 31.5. The van der Waals surface area contributed by atoms with Gasteiger partial charge in [0.15, 0.2) is 0 Å². The summed E-state index contributed by atoms with van der Waals surface area (Å²) in [7, 11) is 0. The second kappa shape index (κ2) is 11.0. The van der Waals surface area contributed by atoms with Crippen molar-refractivity contribution in [1.82, 2.24) is 0 Å². The van der Waals surface area contributed by atoms with Gasteiger partial charge in [0.1, 0.15) is 5.82 Å². The van der Waals surface area contributed by atoms with Crippen molar-refractivity contribution in [2.75, 3.05) is 0 Å². The van der Waals surface area contributed by atoms with E-state index in [0.29, 0.717) is 23.7 Å². The van der Waals surface area contributed by atoms with Gasteiger partial charge in [0.05, 0.1) is 0 Å². The van der Waals surface area contributed by atoms with E-state index >= 15 is 4.39 Å². The molecule has 0 bridgehead atoms. The summed E-state index contributed by atoms with van der Waals surface area (Å²) >= 11 is 0. The Kier molecular flexibility index (Phi) is 9.22. The molecule has 0 aromatic heterocycles. The number of hydrogen-bond donors (Lipinski definition) is 0. The Balaban J connectivity index is 3.37. The highest BCUT2D eigenvalue weighted by molar-refractivity contribution is 5.81. The predicted octanol–water partition coefficient (Wildman–Crippen LogP) is 10.9. The summed E-state index contributed by atoms with van der Waals surface area (Å²) in [6, 6.07) is 0. The van der Waals surface area contributed by atoms with E-state index in [1.54, 1.807) is 0 Å². The van der Waals surface area contributed by atoms with E-state index in [1.807, 2.05) is 6.92 Å². The maximum atomic E-state index is 16.7. The van der Waals surface area contributed by atoms with Gasteiger partial charge in [0, 0.05) is 5.56 Å². The first-order valence-electron chi connectivity index (χ1n) is 13.8. The Hall–Kier alpha value is -1.63. The molecule has 0 spiro atoms. The zero-order valence-electron chi connectivity index (χ0n) is 24.7. The van der Waals surface area contributed by atoms with Crippen LogP contribution in [0.3, 0.4) is 0 Å². The molecule has 0 N–H and O–H groups in total. The molecular weight excluding hydrogens is 415 g/mol. The number of benzene rings is 2. The van der Waals surface area contributed by atoms with Crippen molar-refractivity contribution in [3.8, 4) is 11.1 Å². The molecule has 0 aliphatic rings. The lowest BCUT2D eigenvalue weighted by molar-refractivity contribution is 0.604. The van der Waals surface area contributed by atoms with Crippen LogP contribution in [0.25, 0.3) is 11.1 Å². The second-order valence-electron chi connectivity index (χ2n) is 11.8. The normalized spacial score (nSPS) is 12.4. The first-order valence-corrected chi connectivity index (χ1v) is 13.8. The lowest BCUT2D eigenvalue weighted by atomic mass is 9.71. The van der Waals surface area contributed by atoms with E-state index in [4.69, 9.17) is 0 Å². The highest BCUT2D eigenvalue weighted by Crippen LogP contribution is 2.49. The fourth-order valence-corrected chi connectivity index (χ4v) is 6.62. The lowest BCUT2D eigenvalue weighted by Gasteiger charge is -2.33. The molecule has 2 aromatic carbocycles. The predicted molar refractivity (Wildman–Crippen MR) is 151 cm³/mol. The van der Waals surface area contributed by atoms with Gasteiger partial charge in [0.25, 0.3) is 0 Å². The van der Waals surface area contributed by atoms with E-state index in [1.165, 1.54) is 50.1 Å². The minimum Gasteiger partial charge on any atom is -0.206 e. The molecule has 0 aliphatic carbocycles. The first kappa shape index (κ1) is 28.6. The Bertz CT molecular complexity index is 1030. The SMILES string of the molecule is CCc1c(C)c(-c2c(F)c(C)c(C(C)C)c(C(C)C)c2C(C)C)c(C(C)C)c(C(C)C)c1CC. The van der Waals surface area contributed by atoms with E-state index < -0.39 is 0 Å². The Morgan fingerprint density at radius 1 is 0.471 bits per heavy atom. The monoisotopic (exact) mass is 466 g/mol. The molecule has 1 heteroatoms. The van der Waals surface area contributed by atoms with Gasteiger partial charge in [-0.1, -0.05) is 83.1 Å². The number of halogens is 1. The van der Waals surface area contributed by atoms with Crippen LogP contribution in [0.15, 0.2) is 0 Å². The molecular formula is C33H51F. The first-order chi connectivity index (χ1) is 15.7. The Labute approximate surface area is 210 Å². The maximum absolute atomic E-state index is 16.7. The average molecular weight is 467 g/mol. The summed E-state index contributed by atoms with van der Waals surface area (Å²) in [4.78, 5) is 0. The highest BCUT2D eigenvalue weighted by Gasteiger charge is 2.32. The quantitative estimate of drug-likeness (QED) is 0.363. The fraction of sp³-hybridized carbons (Fsp3) is 0.636. The van der Waals surface area contributed by atoms with Crippen molar-refractivity contribution in [2.24, 2.45) is 0 Å². The standard InChI is InChI=1S/C33H51F/c1-15-24-22(13)31(29(20(9)10)27(18(5)6)25(24)16-2)32-30(21(11)12)28(19(7)8)26(17(3)4)23(14)33(32)34/h17-21H,15-16H2,1-14H3. The van der Waals surface area contributed by atoms with Gasteiger partial charge in [-0.25, -0.2) is 4.39 Å². The Morgan fingerprint density at radius 3 is 1.21 bits per heavy atom. The van der Waals surface area contributed by atoms with Crippen LogP contribution in [-0.4, -0.2) is 0 Å². The third kappa shape index (κ3) is 4.74. The molecule has 190 valence electrons. The van der Waals surface area contributed by atoms with Crippen LogP contribution in [0, 0.1) is 19.7 Å². The molecule has 0 nitrogen and oxygen atoms in total. The van der Waals surface area contributed by atoms with Crippen molar-refractivity contribution < 1.29 is 4.39 Å². The third-order valence-corrected chi connectivity index (χ3v) is 7.72. The van der Waals surface area contributed by atoms with Crippen LogP contribution in [-0.2, 0) is 12.8 Å². The van der Waals surface area contributed by atoms with Crippen LogP contribution in [0.4, 0.5) is 4.39 Å². The molecule has 2 rings (SSSR count). The molecule has 0 amide bonds. The zero-order valence-corrected chi connectivity index (χ0v) is 24.7. The smallest absolute Gasteiger partial charge is 0.134 e. The molecule has 0 fully saturated rings. The summed E-state index contributed by atoms with van der Waals surface area (Å²) < 4.78 is 16.7. The van der Waals surface area contributed by atoms with Crippen LogP contribution >= 0.6 is 0 Å². The van der Waals surface area contributed by atoms with E-state index in [9.17, 15) is 0 Å². The molecule has 2 aromatic rings. The van der Waals surface area contributed by atoms with Crippen LogP contribution in [0.1, 0.15) is 163 Å². The van der Waals surface area contributed by atoms with E-state index in [-0.39, 0.29) is 11.7 Å². The van der Waals surface area contributed by atoms with Crippen LogP contribution < -0.4 is 0 Å². The van der Waals surface area contributed by atoms with Crippen molar-refractivity contribution in [1.29, 1.82) is 0 Å². The average Bonchev–Trinajstić information content (AvgIpc) is 2.73. The zero-order chi connectivity index (χ0) is 26.2. The van der Waals surface area contributed by atoms with Gasteiger partial charge in [-0.2, -0.15) is 0 Å². The van der Waals surface area contributed by atoms with Gasteiger partial charge in [0.2, 0.25) is 0 Å². The lowest BCUT2D eigenvalue weighted by Crippen LogP contribution is -2.16. The van der Waals surface area contributed by atoms with Crippen molar-refractivity contribution in [3.05, 3.63) is 55.9 Å². The number of rotatable bonds is 8. The molecule has 0 heterocycles. The van der Waals surface area contributed by atoms with Gasteiger partial charge >= 0.3 is 0 Å². The summed E-state index contributed by atoms with van der Waals surface area (Å²) in [5, 5.41) is 0. The van der Waals surface area contributed by atoms with Gasteiger partial charge < -0.3 is 0 Å².